The largest absolute Gasteiger partial charge is 0.493 e. The number of halogens is 2. The Kier molecular flexibility index (Phi) is 5.20. The van der Waals surface area contributed by atoms with Crippen LogP contribution in [0.5, 0.6) is 11.5 Å². The summed E-state index contributed by atoms with van der Waals surface area (Å²) in [4.78, 5) is 16.6. The molecule has 0 aliphatic carbocycles. The smallest absolute Gasteiger partial charge is 0.387 e. The average molecular weight is 377 g/mol. The maximum Gasteiger partial charge on any atom is 0.387 e. The zero-order chi connectivity index (χ0) is 19.6. The number of alkyl halides is 2. The third-order valence-electron chi connectivity index (χ3n) is 3.80. The van der Waals surface area contributed by atoms with Gasteiger partial charge in [0.2, 0.25) is 0 Å². The highest BCUT2D eigenvalue weighted by Gasteiger charge is 2.17. The van der Waals surface area contributed by atoms with Gasteiger partial charge in [0, 0.05) is 18.0 Å². The van der Waals surface area contributed by atoms with E-state index in [9.17, 15) is 13.6 Å². The summed E-state index contributed by atoms with van der Waals surface area (Å²) in [5, 5.41) is 7.23. The number of hydrogen-bond donors (Lipinski definition) is 1. The van der Waals surface area contributed by atoms with Crippen molar-refractivity contribution >= 4 is 22.7 Å². The SMILES string of the molecule is COc1ccc(NC(=O)c2cnc3onc(C(C)C)c3c2)cc1OC(F)F. The molecule has 0 saturated heterocycles. The summed E-state index contributed by atoms with van der Waals surface area (Å²) in [7, 11) is 1.33. The number of methoxy groups -OCH3 is 1. The molecule has 1 amide bonds. The lowest BCUT2D eigenvalue weighted by molar-refractivity contribution is -0.0511. The van der Waals surface area contributed by atoms with Gasteiger partial charge < -0.3 is 19.3 Å². The molecule has 7 nitrogen and oxygen atoms in total. The van der Waals surface area contributed by atoms with Crippen LogP contribution in [0.1, 0.15) is 35.8 Å². The number of amides is 1. The van der Waals surface area contributed by atoms with Gasteiger partial charge in [-0.15, -0.1) is 0 Å². The average Bonchev–Trinajstić information content (AvgIpc) is 3.04. The number of aromatic nitrogens is 2. The van der Waals surface area contributed by atoms with E-state index in [2.05, 4.69) is 20.2 Å². The molecular weight excluding hydrogens is 360 g/mol. The molecule has 0 bridgehead atoms. The molecule has 9 heteroatoms. The number of fused-ring (bicyclic) bond motifs is 1. The fourth-order valence-corrected chi connectivity index (χ4v) is 2.54. The monoisotopic (exact) mass is 377 g/mol. The number of rotatable bonds is 6. The van der Waals surface area contributed by atoms with Gasteiger partial charge in [0.05, 0.1) is 23.8 Å². The van der Waals surface area contributed by atoms with Crippen LogP contribution in [0.15, 0.2) is 35.0 Å². The lowest BCUT2D eigenvalue weighted by atomic mass is 10.1. The molecule has 3 aromatic rings. The van der Waals surface area contributed by atoms with Crippen LogP contribution >= 0.6 is 0 Å². The van der Waals surface area contributed by atoms with Crippen LogP contribution in [-0.2, 0) is 0 Å². The number of benzene rings is 1. The molecule has 0 unspecified atom stereocenters. The summed E-state index contributed by atoms with van der Waals surface area (Å²) in [6.45, 7) is 0.886. The number of hydrogen-bond acceptors (Lipinski definition) is 6. The summed E-state index contributed by atoms with van der Waals surface area (Å²) in [6.07, 6.45) is 1.35. The fraction of sp³-hybridized carbons (Fsp3) is 0.278. The van der Waals surface area contributed by atoms with Gasteiger partial charge in [-0.25, -0.2) is 4.98 Å². The summed E-state index contributed by atoms with van der Waals surface area (Å²) >= 11 is 0. The van der Waals surface area contributed by atoms with Gasteiger partial charge in [-0.05, 0) is 24.1 Å². The van der Waals surface area contributed by atoms with E-state index >= 15 is 0 Å². The van der Waals surface area contributed by atoms with Crippen LogP contribution in [0, 0.1) is 0 Å². The van der Waals surface area contributed by atoms with Gasteiger partial charge in [0.15, 0.2) is 11.5 Å². The Bertz CT molecular complexity index is 972. The van der Waals surface area contributed by atoms with Crippen LogP contribution in [-0.4, -0.2) is 29.8 Å². The van der Waals surface area contributed by atoms with Crippen molar-refractivity contribution in [1.82, 2.24) is 10.1 Å². The predicted molar refractivity (Wildman–Crippen MR) is 93.5 cm³/mol. The van der Waals surface area contributed by atoms with Crippen molar-refractivity contribution in [3.63, 3.8) is 0 Å². The van der Waals surface area contributed by atoms with E-state index in [1.165, 1.54) is 31.5 Å². The highest BCUT2D eigenvalue weighted by molar-refractivity contribution is 6.05. The Balaban J connectivity index is 1.86. The van der Waals surface area contributed by atoms with Crippen molar-refractivity contribution in [3.8, 4) is 11.5 Å². The third kappa shape index (κ3) is 3.97. The second-order valence-electron chi connectivity index (χ2n) is 6.00. The molecule has 142 valence electrons. The Hall–Kier alpha value is -3.23. The minimum Gasteiger partial charge on any atom is -0.493 e. The Morgan fingerprint density at radius 2 is 2.00 bits per heavy atom. The second kappa shape index (κ2) is 7.56. The Morgan fingerprint density at radius 1 is 1.22 bits per heavy atom. The van der Waals surface area contributed by atoms with Crippen molar-refractivity contribution in [1.29, 1.82) is 0 Å². The van der Waals surface area contributed by atoms with E-state index in [0.29, 0.717) is 16.8 Å². The summed E-state index contributed by atoms with van der Waals surface area (Å²) in [5.74, 6) is -0.419. The van der Waals surface area contributed by atoms with Gasteiger partial charge in [0.25, 0.3) is 11.6 Å². The van der Waals surface area contributed by atoms with Crippen LogP contribution < -0.4 is 14.8 Å². The molecule has 0 aliphatic rings. The summed E-state index contributed by atoms with van der Waals surface area (Å²) < 4.78 is 39.6. The van der Waals surface area contributed by atoms with Crippen molar-refractivity contribution < 1.29 is 27.6 Å². The van der Waals surface area contributed by atoms with Crippen LogP contribution in [0.2, 0.25) is 0 Å². The molecule has 1 N–H and O–H groups in total. The van der Waals surface area contributed by atoms with E-state index < -0.39 is 12.5 Å². The Labute approximate surface area is 153 Å². The molecule has 27 heavy (non-hydrogen) atoms. The first-order chi connectivity index (χ1) is 12.9. The van der Waals surface area contributed by atoms with E-state index in [0.717, 1.165) is 0 Å². The molecule has 2 aromatic heterocycles. The molecule has 0 saturated carbocycles. The summed E-state index contributed by atoms with van der Waals surface area (Å²) in [5.41, 5.74) is 1.59. The molecule has 3 rings (SSSR count). The minimum absolute atomic E-state index is 0.0991. The van der Waals surface area contributed by atoms with Gasteiger partial charge in [-0.2, -0.15) is 8.78 Å². The van der Waals surface area contributed by atoms with E-state index in [4.69, 9.17) is 9.26 Å². The number of carbonyl (C=O) groups excluding carboxylic acids is 1. The maximum atomic E-state index is 12.5. The number of anilines is 1. The van der Waals surface area contributed by atoms with E-state index in [1.807, 2.05) is 13.8 Å². The van der Waals surface area contributed by atoms with Gasteiger partial charge in [0.1, 0.15) is 0 Å². The molecule has 0 aliphatic heterocycles. The number of carbonyl (C=O) groups is 1. The first-order valence-electron chi connectivity index (χ1n) is 8.08. The Morgan fingerprint density at radius 3 is 2.67 bits per heavy atom. The van der Waals surface area contributed by atoms with Crippen molar-refractivity contribution in [2.75, 3.05) is 12.4 Å². The molecule has 0 atom stereocenters. The zero-order valence-corrected chi connectivity index (χ0v) is 14.8. The molecule has 1 aromatic carbocycles. The number of ether oxygens (including phenoxy) is 2. The molecular formula is C18H17F2N3O4. The van der Waals surface area contributed by atoms with Crippen molar-refractivity contribution in [2.24, 2.45) is 0 Å². The second-order valence-corrected chi connectivity index (χ2v) is 6.00. The molecule has 0 fully saturated rings. The van der Waals surface area contributed by atoms with Gasteiger partial charge >= 0.3 is 6.61 Å². The molecule has 2 heterocycles. The quantitative estimate of drug-likeness (QED) is 0.693. The van der Waals surface area contributed by atoms with Crippen molar-refractivity contribution in [2.45, 2.75) is 26.4 Å². The van der Waals surface area contributed by atoms with Crippen LogP contribution in [0.3, 0.4) is 0 Å². The molecule has 0 radical (unpaired) electrons. The van der Waals surface area contributed by atoms with Gasteiger partial charge in [-0.3, -0.25) is 4.79 Å². The number of nitrogens with zero attached hydrogens (tertiary/aromatic N) is 2. The van der Waals surface area contributed by atoms with E-state index in [1.54, 1.807) is 6.07 Å². The third-order valence-corrected chi connectivity index (χ3v) is 3.80. The van der Waals surface area contributed by atoms with Gasteiger partial charge in [-0.1, -0.05) is 19.0 Å². The van der Waals surface area contributed by atoms with Crippen LogP contribution in [0.4, 0.5) is 14.5 Å². The highest BCUT2D eigenvalue weighted by Crippen LogP contribution is 2.32. The maximum absolute atomic E-state index is 12.5. The lowest BCUT2D eigenvalue weighted by Crippen LogP contribution is -2.12. The van der Waals surface area contributed by atoms with Crippen molar-refractivity contribution in [3.05, 3.63) is 41.7 Å². The fourth-order valence-electron chi connectivity index (χ4n) is 2.54. The normalized spacial score (nSPS) is 11.2. The first kappa shape index (κ1) is 18.6. The number of pyridine rings is 1. The first-order valence-corrected chi connectivity index (χ1v) is 8.08. The van der Waals surface area contributed by atoms with E-state index in [-0.39, 0.29) is 28.7 Å². The zero-order valence-electron chi connectivity index (χ0n) is 14.8. The predicted octanol–water partition coefficient (Wildman–Crippen LogP) is 4.21. The number of nitrogens with one attached hydrogen (secondary N) is 1. The summed E-state index contributed by atoms with van der Waals surface area (Å²) in [6, 6.07) is 5.82. The molecule has 0 spiro atoms. The van der Waals surface area contributed by atoms with Crippen LogP contribution in [0.25, 0.3) is 11.1 Å². The lowest BCUT2D eigenvalue weighted by Gasteiger charge is -2.12. The topological polar surface area (TPSA) is 86.5 Å². The minimum atomic E-state index is -3.01. The highest BCUT2D eigenvalue weighted by atomic mass is 19.3. The standard InChI is InChI=1S/C18H17F2N3O4/c1-9(2)15-12-6-10(8-21-17(12)27-23-15)16(24)22-11-4-5-13(25-3)14(7-11)26-18(19)20/h4-9,18H,1-3H3,(H,22,24).